The summed E-state index contributed by atoms with van der Waals surface area (Å²) < 4.78 is 0. The number of allylic oxidation sites excluding steroid dienone is 1. The maximum atomic E-state index is 10.8. The van der Waals surface area contributed by atoms with E-state index in [9.17, 15) is 14.6 Å². The molecular weight excluding hydrogens is 282 g/mol. The van der Waals surface area contributed by atoms with Gasteiger partial charge in [-0.3, -0.25) is 4.79 Å². The number of aldehydes is 1. The molecule has 1 saturated heterocycles. The second-order valence-corrected chi connectivity index (χ2v) is 5.36. The van der Waals surface area contributed by atoms with Gasteiger partial charge in [0.15, 0.2) is 0 Å². The molecule has 114 valence electrons. The molecule has 1 heterocycles. The summed E-state index contributed by atoms with van der Waals surface area (Å²) in [7, 11) is 0. The van der Waals surface area contributed by atoms with Gasteiger partial charge in [0.05, 0.1) is 0 Å². The number of hydrogen-bond acceptors (Lipinski definition) is 6. The third-order valence-corrected chi connectivity index (χ3v) is 4.04. The Morgan fingerprint density at radius 3 is 2.45 bits per heavy atom. The quantitative estimate of drug-likeness (QED) is 0.376. The maximum absolute atomic E-state index is 10.8. The summed E-state index contributed by atoms with van der Waals surface area (Å²) in [6.07, 6.45) is 5.88. The van der Waals surface area contributed by atoms with E-state index in [1.165, 1.54) is 18.2 Å². The van der Waals surface area contributed by atoms with E-state index < -0.39 is 0 Å². The van der Waals surface area contributed by atoms with Gasteiger partial charge in [0, 0.05) is 12.1 Å². The summed E-state index contributed by atoms with van der Waals surface area (Å²) in [5.74, 6) is 0.435. The van der Waals surface area contributed by atoms with Crippen LogP contribution in [0.25, 0.3) is 6.08 Å². The minimum Gasteiger partial charge on any atom is -0.307 e. The van der Waals surface area contributed by atoms with E-state index in [0.29, 0.717) is 17.5 Å². The van der Waals surface area contributed by atoms with Gasteiger partial charge in [0.1, 0.15) is 17.7 Å². The lowest BCUT2D eigenvalue weighted by atomic mass is 9.80. The summed E-state index contributed by atoms with van der Waals surface area (Å²) in [6.45, 7) is 4.22. The zero-order chi connectivity index (χ0) is 16.1. The smallest absolute Gasteiger partial charge is 0.143 e. The third-order valence-electron chi connectivity index (χ3n) is 4.04. The molecule has 3 unspecified atom stereocenters. The Labute approximate surface area is 128 Å². The van der Waals surface area contributed by atoms with E-state index in [1.807, 2.05) is 6.08 Å². The molecular formula is C16H17N3O3. The molecule has 0 saturated carbocycles. The highest BCUT2D eigenvalue weighted by Gasteiger charge is 2.34. The van der Waals surface area contributed by atoms with Crippen LogP contribution in [0.15, 0.2) is 46.3 Å². The Morgan fingerprint density at radius 1 is 1.18 bits per heavy atom. The van der Waals surface area contributed by atoms with E-state index in [4.69, 9.17) is 0 Å². The molecule has 1 N–H and O–H groups in total. The van der Waals surface area contributed by atoms with Gasteiger partial charge < -0.3 is 5.32 Å². The van der Waals surface area contributed by atoms with Crippen molar-refractivity contribution in [3.8, 4) is 0 Å². The molecule has 1 aromatic carbocycles. The van der Waals surface area contributed by atoms with E-state index >= 15 is 0 Å². The zero-order valence-corrected chi connectivity index (χ0v) is 12.4. The fourth-order valence-electron chi connectivity index (χ4n) is 2.49. The summed E-state index contributed by atoms with van der Waals surface area (Å²) in [5.41, 5.74) is 1.60. The van der Waals surface area contributed by atoms with Crippen molar-refractivity contribution in [1.29, 1.82) is 0 Å². The van der Waals surface area contributed by atoms with Gasteiger partial charge in [-0.25, -0.2) is 0 Å². The van der Waals surface area contributed by atoms with E-state index in [2.05, 4.69) is 29.5 Å². The van der Waals surface area contributed by atoms with Crippen LogP contribution in [-0.4, -0.2) is 18.4 Å². The van der Waals surface area contributed by atoms with Gasteiger partial charge in [-0.05, 0) is 52.5 Å². The second-order valence-electron chi connectivity index (χ2n) is 5.36. The zero-order valence-electron chi connectivity index (χ0n) is 12.4. The Hall–Kier alpha value is -2.47. The highest BCUT2D eigenvalue weighted by atomic mass is 16.3. The largest absolute Gasteiger partial charge is 0.307 e. The minimum atomic E-state index is 0.00169. The average molecular weight is 299 g/mol. The molecule has 0 aliphatic carbocycles. The van der Waals surface area contributed by atoms with Crippen molar-refractivity contribution in [2.24, 2.45) is 16.3 Å². The van der Waals surface area contributed by atoms with Gasteiger partial charge in [-0.2, -0.15) is 0 Å². The molecule has 0 amide bonds. The van der Waals surface area contributed by atoms with Crippen molar-refractivity contribution in [3.63, 3.8) is 0 Å². The summed E-state index contributed by atoms with van der Waals surface area (Å²) in [5, 5.41) is 8.88. The second kappa shape index (κ2) is 7.00. The lowest BCUT2D eigenvalue weighted by Crippen LogP contribution is -2.59. The minimum absolute atomic E-state index is 0.00169. The first-order valence-corrected chi connectivity index (χ1v) is 7.01. The molecule has 6 nitrogen and oxygen atoms in total. The molecule has 1 aromatic rings. The van der Waals surface area contributed by atoms with Crippen LogP contribution in [0.4, 0.5) is 11.4 Å². The highest BCUT2D eigenvalue weighted by molar-refractivity contribution is 5.71. The topological polar surface area (TPSA) is 88.0 Å². The Balaban J connectivity index is 2.22. The van der Waals surface area contributed by atoms with Crippen LogP contribution in [0.3, 0.4) is 0 Å². The van der Waals surface area contributed by atoms with Crippen molar-refractivity contribution in [1.82, 2.24) is 5.32 Å². The maximum Gasteiger partial charge on any atom is 0.143 e. The van der Waals surface area contributed by atoms with Crippen LogP contribution in [0.2, 0.25) is 0 Å². The summed E-state index contributed by atoms with van der Waals surface area (Å²) in [4.78, 5) is 32.0. The van der Waals surface area contributed by atoms with Crippen molar-refractivity contribution in [3.05, 3.63) is 51.3 Å². The molecule has 1 aliphatic rings. The first-order chi connectivity index (χ1) is 10.6. The molecule has 6 heteroatoms. The fraction of sp³-hybridized carbons (Fsp3) is 0.312. The SMILES string of the molecule is CC1NC(C(=C\C=O)/C=C/c2ccc(N=O)c(N=O)c2)C1C. The lowest BCUT2D eigenvalue weighted by molar-refractivity contribution is -0.104. The predicted octanol–water partition coefficient (Wildman–Crippen LogP) is 3.62. The van der Waals surface area contributed by atoms with Crippen molar-refractivity contribution >= 4 is 23.7 Å². The number of nitrogens with zero attached hydrogens (tertiary/aromatic N) is 2. The fourth-order valence-corrected chi connectivity index (χ4v) is 2.49. The van der Waals surface area contributed by atoms with Crippen LogP contribution < -0.4 is 5.32 Å². The van der Waals surface area contributed by atoms with Crippen LogP contribution in [0.1, 0.15) is 19.4 Å². The predicted molar refractivity (Wildman–Crippen MR) is 86.1 cm³/mol. The number of carbonyl (C=O) groups excluding carboxylic acids is 1. The molecule has 0 radical (unpaired) electrons. The van der Waals surface area contributed by atoms with Crippen LogP contribution in [0.5, 0.6) is 0 Å². The first kappa shape index (κ1) is 15.9. The van der Waals surface area contributed by atoms with Gasteiger partial charge in [-0.15, -0.1) is 9.81 Å². The van der Waals surface area contributed by atoms with Crippen LogP contribution >= 0.6 is 0 Å². The summed E-state index contributed by atoms with van der Waals surface area (Å²) >= 11 is 0. The van der Waals surface area contributed by atoms with Crippen molar-refractivity contribution < 1.29 is 4.79 Å². The van der Waals surface area contributed by atoms with Crippen molar-refractivity contribution in [2.45, 2.75) is 25.9 Å². The Morgan fingerprint density at radius 2 is 1.91 bits per heavy atom. The average Bonchev–Trinajstić information content (AvgIpc) is 2.56. The molecule has 22 heavy (non-hydrogen) atoms. The lowest BCUT2D eigenvalue weighted by Gasteiger charge is -2.43. The van der Waals surface area contributed by atoms with Gasteiger partial charge in [0.25, 0.3) is 0 Å². The van der Waals surface area contributed by atoms with Gasteiger partial charge in [-0.1, -0.05) is 25.1 Å². The molecule has 3 atom stereocenters. The highest BCUT2D eigenvalue weighted by Crippen LogP contribution is 2.30. The molecule has 2 rings (SSSR count). The van der Waals surface area contributed by atoms with Gasteiger partial charge >= 0.3 is 0 Å². The number of nitrogens with one attached hydrogen (secondary N) is 1. The first-order valence-electron chi connectivity index (χ1n) is 7.01. The standard InChI is InChI=1S/C16H17N3O3/c1-10-11(2)17-16(10)13(7-8-20)5-3-12-4-6-14(18-21)15(9-12)19-22/h3-11,16-17H,1-2H3/b5-3+,13-7-. The van der Waals surface area contributed by atoms with Crippen LogP contribution in [-0.2, 0) is 4.79 Å². The van der Waals surface area contributed by atoms with Gasteiger partial charge in [0.2, 0.25) is 0 Å². The number of nitroso groups, excluding NO2 is 2. The number of benzene rings is 1. The number of carbonyl (C=O) groups is 1. The van der Waals surface area contributed by atoms with E-state index in [0.717, 1.165) is 11.9 Å². The monoisotopic (exact) mass is 299 g/mol. The van der Waals surface area contributed by atoms with Crippen molar-refractivity contribution in [2.75, 3.05) is 0 Å². The third kappa shape index (κ3) is 3.23. The molecule has 0 spiro atoms. The van der Waals surface area contributed by atoms with Crippen LogP contribution in [0, 0.1) is 15.7 Å². The summed E-state index contributed by atoms with van der Waals surface area (Å²) in [6, 6.07) is 5.15. The molecule has 0 aromatic heterocycles. The Kier molecular flexibility index (Phi) is 5.06. The van der Waals surface area contributed by atoms with E-state index in [-0.39, 0.29) is 17.4 Å². The van der Waals surface area contributed by atoms with E-state index in [1.54, 1.807) is 12.1 Å². The number of rotatable bonds is 6. The molecule has 0 bridgehead atoms. The molecule has 1 fully saturated rings. The Bertz CT molecular complexity index is 652. The molecule has 1 aliphatic heterocycles. The normalized spacial score (nSPS) is 24.8. The number of hydrogen-bond donors (Lipinski definition) is 1.